The summed E-state index contributed by atoms with van der Waals surface area (Å²) < 4.78 is 0. The summed E-state index contributed by atoms with van der Waals surface area (Å²) in [6.45, 7) is 5.17. The van der Waals surface area contributed by atoms with Gasteiger partial charge in [0.1, 0.15) is 11.3 Å². The number of carbonyl (C=O) groups is 2. The summed E-state index contributed by atoms with van der Waals surface area (Å²) in [6.07, 6.45) is 0.834. The molecule has 0 aromatic heterocycles. The Morgan fingerprint density at radius 2 is 2.21 bits per heavy atom. The summed E-state index contributed by atoms with van der Waals surface area (Å²) in [5, 5.41) is 12.3. The quantitative estimate of drug-likeness (QED) is 0.534. The molecule has 1 aliphatic heterocycles. The third-order valence-electron chi connectivity index (χ3n) is 2.63. The van der Waals surface area contributed by atoms with Crippen LogP contribution in [-0.2, 0) is 9.59 Å². The molecule has 1 rings (SSSR count). The molecule has 0 unspecified atom stereocenters. The molecule has 0 spiro atoms. The van der Waals surface area contributed by atoms with Crippen LogP contribution in [0.3, 0.4) is 0 Å². The highest BCUT2D eigenvalue weighted by Gasteiger charge is 2.36. The van der Waals surface area contributed by atoms with E-state index in [0.717, 1.165) is 6.42 Å². The average molecular weight is 207 g/mol. The van der Waals surface area contributed by atoms with Gasteiger partial charge in [0, 0.05) is 0 Å². The molecule has 1 heterocycles. The van der Waals surface area contributed by atoms with Crippen molar-refractivity contribution in [3.05, 3.63) is 11.3 Å². The van der Waals surface area contributed by atoms with E-state index in [0.29, 0.717) is 0 Å². The molecule has 0 saturated carbocycles. The van der Waals surface area contributed by atoms with Crippen molar-refractivity contribution in [1.29, 1.82) is 0 Å². The predicted octanol–water partition coefficient (Wildman–Crippen LogP) is 0.932. The largest absolute Gasteiger partial charge is 0.509 e. The number of hydrogen-bond acceptors (Lipinski definition) is 3. The Hall–Kier alpha value is -1.32. The van der Waals surface area contributed by atoms with Gasteiger partial charge in [-0.25, -0.2) is 0 Å². The monoisotopic (exact) mass is 207 g/mol. The summed E-state index contributed by atoms with van der Waals surface area (Å²) >= 11 is 0. The second-order valence-electron chi connectivity index (χ2n) is 3.65. The Balaban J connectivity index is 2.98. The SMILES string of the molecule is [13CH3][13CH2][13C@H]([13CH3])[13C@@H]1N[13C](=O)[13C]([13C]([13CH3])=O)=[13C]1O. The molecule has 2 atom stereocenters. The molecular weight excluding hydrogens is 192 g/mol. The number of Topliss-reactive ketones (excluding diaryl/α,β-unsaturated/α-hetero) is 1. The molecule has 2 N–H and O–H groups in total. The number of hydrogen-bond donors (Lipinski definition) is 2. The van der Waals surface area contributed by atoms with E-state index in [-0.39, 0.29) is 23.0 Å². The van der Waals surface area contributed by atoms with Gasteiger partial charge in [-0.1, -0.05) is 20.3 Å². The maximum atomic E-state index is 11.3. The predicted molar refractivity (Wildman–Crippen MR) is 51.7 cm³/mol. The number of nitrogens with one attached hydrogen (secondary N) is 1. The van der Waals surface area contributed by atoms with Gasteiger partial charge in [-0.15, -0.1) is 0 Å². The topological polar surface area (TPSA) is 66.4 Å². The maximum Gasteiger partial charge on any atom is 0.259 e. The normalized spacial score (nSPS) is 23.6. The second kappa shape index (κ2) is 3.82. The Morgan fingerprint density at radius 3 is 2.57 bits per heavy atom. The first-order valence-corrected chi connectivity index (χ1v) is 4.74. The van der Waals surface area contributed by atoms with Crippen molar-refractivity contribution < 1.29 is 14.7 Å². The Labute approximate surface area is 83.0 Å². The highest BCUT2D eigenvalue weighted by molar-refractivity contribution is 6.20. The summed E-state index contributed by atoms with van der Waals surface area (Å²) in [5.74, 6) is -0.807. The van der Waals surface area contributed by atoms with Crippen LogP contribution in [0.1, 0.15) is 27.2 Å². The van der Waals surface area contributed by atoms with E-state index in [1.807, 2.05) is 13.8 Å². The molecule has 4 nitrogen and oxygen atoms in total. The molecule has 0 bridgehead atoms. The van der Waals surface area contributed by atoms with Crippen LogP contribution in [0, 0.1) is 5.92 Å². The molecule has 0 aliphatic carbocycles. The van der Waals surface area contributed by atoms with Crippen LogP contribution in [0.4, 0.5) is 0 Å². The van der Waals surface area contributed by atoms with Crippen molar-refractivity contribution in [3.8, 4) is 0 Å². The minimum absolute atomic E-state index is 0.0877. The van der Waals surface area contributed by atoms with E-state index in [1.165, 1.54) is 6.92 Å². The number of carbonyl (C=O) groups excluding carboxylic acids is 2. The van der Waals surface area contributed by atoms with Crippen LogP contribution < -0.4 is 5.32 Å². The number of amides is 1. The summed E-state index contributed by atoms with van der Waals surface area (Å²) in [5.41, 5.74) is -0.0877. The van der Waals surface area contributed by atoms with Gasteiger partial charge < -0.3 is 10.4 Å². The lowest BCUT2D eigenvalue weighted by Crippen LogP contribution is -2.34. The van der Waals surface area contributed by atoms with E-state index in [1.54, 1.807) is 0 Å². The molecule has 0 fully saturated rings. The zero-order valence-electron chi connectivity index (χ0n) is 8.63. The molecular formula is C10H15NO3. The Bertz CT molecular complexity index is 306. The van der Waals surface area contributed by atoms with Gasteiger partial charge in [0.15, 0.2) is 5.78 Å². The van der Waals surface area contributed by atoms with Crippen LogP contribution in [0.15, 0.2) is 11.3 Å². The third kappa shape index (κ3) is 1.64. The molecule has 0 aromatic rings. The molecule has 1 aliphatic rings. The first-order valence-electron chi connectivity index (χ1n) is 4.74. The van der Waals surface area contributed by atoms with Crippen molar-refractivity contribution in [3.63, 3.8) is 0 Å². The molecule has 4 heteroatoms. The lowest BCUT2D eigenvalue weighted by molar-refractivity contribution is -0.121. The average Bonchev–Trinajstić information content (AvgIpc) is 2.40. The molecule has 78 valence electrons. The number of aliphatic hydroxyl groups is 1. The molecule has 0 radical (unpaired) electrons. The zero-order chi connectivity index (χ0) is 10.9. The fraction of sp³-hybridized carbons (Fsp3) is 0.600. The fourth-order valence-corrected chi connectivity index (χ4v) is 1.54. The molecule has 0 saturated heterocycles. The fourth-order valence-electron chi connectivity index (χ4n) is 1.54. The van der Waals surface area contributed by atoms with Gasteiger partial charge in [0.2, 0.25) is 0 Å². The number of ketones is 1. The number of aliphatic hydroxyl groups excluding tert-OH is 1. The summed E-state index contributed by atoms with van der Waals surface area (Å²) in [7, 11) is 0. The van der Waals surface area contributed by atoms with E-state index >= 15 is 0 Å². The van der Waals surface area contributed by atoms with Gasteiger partial charge in [0.25, 0.3) is 5.91 Å². The zero-order valence-corrected chi connectivity index (χ0v) is 8.63. The summed E-state index contributed by atoms with van der Waals surface area (Å²) in [6, 6.07) is -0.397. The first kappa shape index (κ1) is 10.8. The molecule has 0 aromatic carbocycles. The van der Waals surface area contributed by atoms with Crippen molar-refractivity contribution >= 4 is 11.7 Å². The Morgan fingerprint density at radius 1 is 1.64 bits per heavy atom. The van der Waals surface area contributed by atoms with Gasteiger partial charge in [0.05, 0.1) is 6.04 Å². The minimum atomic E-state index is -0.458. The minimum Gasteiger partial charge on any atom is -0.509 e. The smallest absolute Gasteiger partial charge is 0.259 e. The van der Waals surface area contributed by atoms with Crippen LogP contribution >= 0.6 is 0 Å². The van der Waals surface area contributed by atoms with E-state index in [2.05, 4.69) is 5.32 Å². The van der Waals surface area contributed by atoms with Crippen LogP contribution in [0.25, 0.3) is 0 Å². The van der Waals surface area contributed by atoms with Crippen LogP contribution in [0.5, 0.6) is 0 Å². The van der Waals surface area contributed by atoms with E-state index in [9.17, 15) is 14.7 Å². The maximum absolute atomic E-state index is 11.3. The lowest BCUT2D eigenvalue weighted by atomic mass is 10.9. The standard InChI is InChI=1S/C10H15NO3/c1-4-5(2)8-9(13)7(6(3)12)10(14)11-8/h5,8,13H,4H2,1-3H3,(H,11,14)/t5-,8-/m0/s1/i1+1,2+1,3+1,4+1,5+1,6+1,7+1,8+1,9+1,10+1. The second-order valence-corrected chi connectivity index (χ2v) is 3.65. The van der Waals surface area contributed by atoms with E-state index < -0.39 is 11.9 Å². The Kier molecular flexibility index (Phi) is 2.93. The molecule has 1 amide bonds. The highest BCUT2D eigenvalue weighted by atomic mass is 16.4. The van der Waals surface area contributed by atoms with Crippen molar-refractivity contribution in [2.45, 2.75) is 33.2 Å². The van der Waals surface area contributed by atoms with Crippen molar-refractivity contribution in [1.82, 2.24) is 5.32 Å². The van der Waals surface area contributed by atoms with Gasteiger partial charge >= 0.3 is 0 Å². The van der Waals surface area contributed by atoms with E-state index in [4.69, 9.17) is 0 Å². The summed E-state index contributed by atoms with van der Waals surface area (Å²) in [4.78, 5) is 22.4. The lowest BCUT2D eigenvalue weighted by Gasteiger charge is -2.17. The van der Waals surface area contributed by atoms with Crippen molar-refractivity contribution in [2.75, 3.05) is 0 Å². The van der Waals surface area contributed by atoms with Gasteiger partial charge in [-0.3, -0.25) is 9.59 Å². The molecule has 14 heavy (non-hydrogen) atoms. The third-order valence-corrected chi connectivity index (χ3v) is 2.63. The van der Waals surface area contributed by atoms with Crippen LogP contribution in [-0.4, -0.2) is 22.8 Å². The van der Waals surface area contributed by atoms with Gasteiger partial charge in [-0.2, -0.15) is 0 Å². The first-order chi connectivity index (χ1) is 6.49. The highest BCUT2D eigenvalue weighted by Crippen LogP contribution is 2.23. The number of rotatable bonds is 3. The van der Waals surface area contributed by atoms with Crippen molar-refractivity contribution in [2.24, 2.45) is 5.92 Å². The van der Waals surface area contributed by atoms with Gasteiger partial charge in [-0.05, 0) is 12.8 Å². The van der Waals surface area contributed by atoms with Crippen LogP contribution in [0.2, 0.25) is 0 Å².